The molecule has 0 aliphatic carbocycles. The van der Waals surface area contributed by atoms with Crippen LogP contribution in [0.5, 0.6) is 5.75 Å². The molecule has 1 aliphatic heterocycles. The minimum absolute atomic E-state index is 0.00607. The van der Waals surface area contributed by atoms with Crippen molar-refractivity contribution < 1.29 is 19.1 Å². The largest absolute Gasteiger partial charge is 0.508 e. The van der Waals surface area contributed by atoms with Gasteiger partial charge in [0, 0.05) is 30.1 Å². The highest BCUT2D eigenvalue weighted by Gasteiger charge is 2.28. The molecule has 29 heavy (non-hydrogen) atoms. The van der Waals surface area contributed by atoms with Crippen LogP contribution >= 0.6 is 0 Å². The zero-order chi connectivity index (χ0) is 20.2. The van der Waals surface area contributed by atoms with Crippen LogP contribution in [0.25, 0.3) is 11.5 Å². The maximum Gasteiger partial charge on any atom is 0.228 e. The molecule has 1 amide bonds. The van der Waals surface area contributed by atoms with Crippen LogP contribution in [-0.4, -0.2) is 39.8 Å². The predicted molar refractivity (Wildman–Crippen MR) is 107 cm³/mol. The molecule has 6 nitrogen and oxygen atoms in total. The smallest absolute Gasteiger partial charge is 0.228 e. The van der Waals surface area contributed by atoms with Crippen molar-refractivity contribution in [2.75, 3.05) is 13.1 Å². The fourth-order valence-corrected chi connectivity index (χ4v) is 3.62. The topological polar surface area (TPSA) is 83.6 Å². The van der Waals surface area contributed by atoms with Crippen molar-refractivity contribution >= 4 is 11.7 Å². The first-order valence-electron chi connectivity index (χ1n) is 9.71. The minimum Gasteiger partial charge on any atom is -0.508 e. The van der Waals surface area contributed by atoms with Crippen molar-refractivity contribution in [2.45, 2.75) is 19.3 Å². The molecular weight excluding hydrogens is 368 g/mol. The normalized spacial score (nSPS) is 14.7. The number of phenolic OH excluding ortho intramolecular Hbond substituents is 1. The molecule has 148 valence electrons. The molecule has 0 atom stereocenters. The van der Waals surface area contributed by atoms with E-state index in [0.29, 0.717) is 43.1 Å². The van der Waals surface area contributed by atoms with Gasteiger partial charge in [-0.3, -0.25) is 9.59 Å². The molecular formula is C23H22N2O4. The Hall–Kier alpha value is -3.41. The molecule has 1 N–H and O–H groups in total. The number of oxazole rings is 1. The van der Waals surface area contributed by atoms with E-state index in [0.717, 1.165) is 5.56 Å². The van der Waals surface area contributed by atoms with E-state index in [4.69, 9.17) is 4.42 Å². The van der Waals surface area contributed by atoms with Gasteiger partial charge in [0.2, 0.25) is 11.8 Å². The number of rotatable bonds is 5. The molecule has 0 bridgehead atoms. The van der Waals surface area contributed by atoms with E-state index in [-0.39, 0.29) is 29.8 Å². The standard InChI is InChI=1S/C23H22N2O4/c26-20-8-6-16(7-9-20)22(28)17-10-12-25(13-11-17)21(27)14-19-15-29-23(24-19)18-4-2-1-3-5-18/h1-9,15,17,26H,10-14H2. The van der Waals surface area contributed by atoms with Crippen molar-refractivity contribution in [2.24, 2.45) is 5.92 Å². The molecule has 2 heterocycles. The number of carbonyl (C=O) groups excluding carboxylic acids is 2. The number of likely N-dealkylation sites (tertiary alicyclic amines) is 1. The molecule has 0 saturated carbocycles. The number of aromatic nitrogens is 1. The lowest BCUT2D eigenvalue weighted by Gasteiger charge is -2.31. The average Bonchev–Trinajstić information content (AvgIpc) is 3.23. The zero-order valence-electron chi connectivity index (χ0n) is 16.0. The Morgan fingerprint density at radius 1 is 1.03 bits per heavy atom. The number of Topliss-reactive ketones (excluding diaryl/α,β-unsaturated/α-hetero) is 1. The van der Waals surface area contributed by atoms with Crippen LogP contribution in [0.4, 0.5) is 0 Å². The van der Waals surface area contributed by atoms with Gasteiger partial charge in [0.25, 0.3) is 0 Å². The molecule has 2 aromatic carbocycles. The van der Waals surface area contributed by atoms with Crippen molar-refractivity contribution in [1.29, 1.82) is 0 Å². The monoisotopic (exact) mass is 390 g/mol. The van der Waals surface area contributed by atoms with Gasteiger partial charge in [-0.25, -0.2) is 4.98 Å². The van der Waals surface area contributed by atoms with E-state index in [2.05, 4.69) is 4.98 Å². The van der Waals surface area contributed by atoms with Crippen molar-refractivity contribution in [1.82, 2.24) is 9.88 Å². The number of hydrogen-bond acceptors (Lipinski definition) is 5. The van der Waals surface area contributed by atoms with Gasteiger partial charge in [-0.05, 0) is 49.2 Å². The third-order valence-electron chi connectivity index (χ3n) is 5.28. The summed E-state index contributed by atoms with van der Waals surface area (Å²) in [5.74, 6) is 0.617. The Balaban J connectivity index is 1.32. The maximum atomic E-state index is 12.6. The van der Waals surface area contributed by atoms with E-state index in [1.807, 2.05) is 30.3 Å². The average molecular weight is 390 g/mol. The summed E-state index contributed by atoms with van der Waals surface area (Å²) in [5, 5.41) is 9.36. The molecule has 0 spiro atoms. The Bertz CT molecular complexity index is 987. The second kappa shape index (κ2) is 8.31. The van der Waals surface area contributed by atoms with E-state index >= 15 is 0 Å². The summed E-state index contributed by atoms with van der Waals surface area (Å²) >= 11 is 0. The van der Waals surface area contributed by atoms with Gasteiger partial charge in [-0.15, -0.1) is 0 Å². The molecule has 4 rings (SSSR count). The summed E-state index contributed by atoms with van der Waals surface area (Å²) in [4.78, 5) is 31.4. The lowest BCUT2D eigenvalue weighted by atomic mass is 9.88. The van der Waals surface area contributed by atoms with Crippen LogP contribution in [0, 0.1) is 5.92 Å². The van der Waals surface area contributed by atoms with Gasteiger partial charge in [0.1, 0.15) is 12.0 Å². The molecule has 1 aromatic heterocycles. The molecule has 1 saturated heterocycles. The zero-order valence-corrected chi connectivity index (χ0v) is 16.0. The van der Waals surface area contributed by atoms with Gasteiger partial charge in [0.15, 0.2) is 5.78 Å². The van der Waals surface area contributed by atoms with E-state index in [1.54, 1.807) is 17.0 Å². The third-order valence-corrected chi connectivity index (χ3v) is 5.28. The molecule has 3 aromatic rings. The summed E-state index contributed by atoms with van der Waals surface area (Å²) in [5.41, 5.74) is 2.08. The lowest BCUT2D eigenvalue weighted by Crippen LogP contribution is -2.41. The number of carbonyl (C=O) groups is 2. The lowest BCUT2D eigenvalue weighted by molar-refractivity contribution is -0.131. The molecule has 1 fully saturated rings. The molecule has 0 unspecified atom stereocenters. The fourth-order valence-electron chi connectivity index (χ4n) is 3.62. The second-order valence-electron chi connectivity index (χ2n) is 7.25. The first-order valence-corrected chi connectivity index (χ1v) is 9.71. The second-order valence-corrected chi connectivity index (χ2v) is 7.25. The van der Waals surface area contributed by atoms with Gasteiger partial charge >= 0.3 is 0 Å². The van der Waals surface area contributed by atoms with Crippen LogP contribution in [0.1, 0.15) is 28.9 Å². The first-order chi connectivity index (χ1) is 14.1. The number of phenols is 1. The number of ketones is 1. The summed E-state index contributed by atoms with van der Waals surface area (Å²) in [7, 11) is 0. The highest BCUT2D eigenvalue weighted by Crippen LogP contribution is 2.24. The molecule has 1 aliphatic rings. The third kappa shape index (κ3) is 4.37. The maximum absolute atomic E-state index is 12.6. The minimum atomic E-state index is -0.0969. The predicted octanol–water partition coefficient (Wildman–Crippen LogP) is 3.71. The van der Waals surface area contributed by atoms with Crippen molar-refractivity contribution in [3.8, 4) is 17.2 Å². The summed E-state index contributed by atoms with van der Waals surface area (Å²) in [6.45, 7) is 1.10. The van der Waals surface area contributed by atoms with Gasteiger partial charge in [-0.1, -0.05) is 18.2 Å². The van der Waals surface area contributed by atoms with Crippen LogP contribution in [0.15, 0.2) is 65.3 Å². The van der Waals surface area contributed by atoms with Crippen LogP contribution in [0.2, 0.25) is 0 Å². The Labute approximate surface area is 168 Å². The van der Waals surface area contributed by atoms with Gasteiger partial charge < -0.3 is 14.4 Å². The van der Waals surface area contributed by atoms with Crippen molar-refractivity contribution in [3.63, 3.8) is 0 Å². The van der Waals surface area contributed by atoms with Crippen LogP contribution in [0.3, 0.4) is 0 Å². The number of benzene rings is 2. The van der Waals surface area contributed by atoms with Gasteiger partial charge in [-0.2, -0.15) is 0 Å². The highest BCUT2D eigenvalue weighted by molar-refractivity contribution is 5.98. The quantitative estimate of drug-likeness (QED) is 0.672. The number of amides is 1. The van der Waals surface area contributed by atoms with Crippen LogP contribution < -0.4 is 0 Å². The summed E-state index contributed by atoms with van der Waals surface area (Å²) in [6, 6.07) is 15.9. The first kappa shape index (κ1) is 18.9. The van der Waals surface area contributed by atoms with Crippen LogP contribution in [-0.2, 0) is 11.2 Å². The number of hydrogen-bond donors (Lipinski definition) is 1. The number of piperidine rings is 1. The van der Waals surface area contributed by atoms with Gasteiger partial charge in [0.05, 0.1) is 12.1 Å². The molecule has 6 heteroatoms. The summed E-state index contributed by atoms with van der Waals surface area (Å²) < 4.78 is 5.50. The summed E-state index contributed by atoms with van der Waals surface area (Å²) in [6.07, 6.45) is 2.99. The highest BCUT2D eigenvalue weighted by atomic mass is 16.3. The Morgan fingerprint density at radius 2 is 1.72 bits per heavy atom. The SMILES string of the molecule is O=C(c1ccc(O)cc1)C1CCN(C(=O)Cc2coc(-c3ccccc3)n2)CC1. The van der Waals surface area contributed by atoms with E-state index < -0.39 is 0 Å². The Morgan fingerprint density at radius 3 is 2.41 bits per heavy atom. The number of nitrogens with zero attached hydrogens (tertiary/aromatic N) is 2. The van der Waals surface area contributed by atoms with E-state index in [9.17, 15) is 14.7 Å². The van der Waals surface area contributed by atoms with E-state index in [1.165, 1.54) is 18.4 Å². The molecule has 0 radical (unpaired) electrons. The Kier molecular flexibility index (Phi) is 5.42. The fraction of sp³-hybridized carbons (Fsp3) is 0.261. The number of aromatic hydroxyl groups is 1. The van der Waals surface area contributed by atoms with Crippen molar-refractivity contribution in [3.05, 3.63) is 72.1 Å².